The van der Waals surface area contributed by atoms with Crippen LogP contribution >= 0.6 is 0 Å². The molecule has 1 heterocycles. The fourth-order valence-electron chi connectivity index (χ4n) is 2.14. The molecule has 17 heavy (non-hydrogen) atoms. The lowest BCUT2D eigenvalue weighted by atomic mass is 10.1. The molecule has 5 heteroatoms. The molecule has 2 atom stereocenters. The van der Waals surface area contributed by atoms with Gasteiger partial charge < -0.3 is 15.3 Å². The van der Waals surface area contributed by atoms with Crippen molar-refractivity contribution in [3.05, 3.63) is 0 Å². The molecular formula is C12H22N2O3. The first-order chi connectivity index (χ1) is 8.08. The SMILES string of the molecule is CCC[C@@H](NC(=O)N1CCC(CC)C1)C(=O)O. The van der Waals surface area contributed by atoms with Crippen molar-refractivity contribution in [3.63, 3.8) is 0 Å². The van der Waals surface area contributed by atoms with Gasteiger partial charge in [0.25, 0.3) is 0 Å². The van der Waals surface area contributed by atoms with E-state index in [9.17, 15) is 9.59 Å². The van der Waals surface area contributed by atoms with Gasteiger partial charge in [-0.25, -0.2) is 9.59 Å². The second-order valence-corrected chi connectivity index (χ2v) is 4.64. The first kappa shape index (κ1) is 13.8. The lowest BCUT2D eigenvalue weighted by molar-refractivity contribution is -0.139. The van der Waals surface area contributed by atoms with Crippen LogP contribution < -0.4 is 5.32 Å². The van der Waals surface area contributed by atoms with Crippen molar-refractivity contribution in [2.45, 2.75) is 45.6 Å². The van der Waals surface area contributed by atoms with Crippen LogP contribution in [0.3, 0.4) is 0 Å². The van der Waals surface area contributed by atoms with Crippen molar-refractivity contribution in [3.8, 4) is 0 Å². The zero-order valence-electron chi connectivity index (χ0n) is 10.6. The van der Waals surface area contributed by atoms with Gasteiger partial charge in [-0.3, -0.25) is 0 Å². The smallest absolute Gasteiger partial charge is 0.326 e. The summed E-state index contributed by atoms with van der Waals surface area (Å²) in [5, 5.41) is 11.6. The van der Waals surface area contributed by atoms with Crippen molar-refractivity contribution in [1.82, 2.24) is 10.2 Å². The average molecular weight is 242 g/mol. The molecule has 1 fully saturated rings. The Morgan fingerprint density at radius 3 is 2.65 bits per heavy atom. The molecular weight excluding hydrogens is 220 g/mol. The van der Waals surface area contributed by atoms with E-state index >= 15 is 0 Å². The molecule has 5 nitrogen and oxygen atoms in total. The van der Waals surface area contributed by atoms with Crippen LogP contribution in [0.4, 0.5) is 4.79 Å². The summed E-state index contributed by atoms with van der Waals surface area (Å²) >= 11 is 0. The minimum atomic E-state index is -0.952. The highest BCUT2D eigenvalue weighted by molar-refractivity contribution is 5.82. The van der Waals surface area contributed by atoms with Crippen molar-refractivity contribution < 1.29 is 14.7 Å². The predicted molar refractivity (Wildman–Crippen MR) is 64.8 cm³/mol. The third-order valence-corrected chi connectivity index (χ3v) is 3.32. The quantitative estimate of drug-likeness (QED) is 0.770. The van der Waals surface area contributed by atoms with E-state index in [2.05, 4.69) is 12.2 Å². The van der Waals surface area contributed by atoms with Crippen molar-refractivity contribution >= 4 is 12.0 Å². The summed E-state index contributed by atoms with van der Waals surface area (Å²) < 4.78 is 0. The van der Waals surface area contributed by atoms with Gasteiger partial charge in [0.2, 0.25) is 0 Å². The molecule has 0 bridgehead atoms. The highest BCUT2D eigenvalue weighted by Gasteiger charge is 2.27. The fourth-order valence-corrected chi connectivity index (χ4v) is 2.14. The number of aliphatic carboxylic acids is 1. The summed E-state index contributed by atoms with van der Waals surface area (Å²) in [7, 11) is 0. The summed E-state index contributed by atoms with van der Waals surface area (Å²) in [5.74, 6) is -0.387. The molecule has 2 amide bonds. The van der Waals surface area contributed by atoms with E-state index in [4.69, 9.17) is 5.11 Å². The second kappa shape index (κ2) is 6.47. The third kappa shape index (κ3) is 3.91. The van der Waals surface area contributed by atoms with Gasteiger partial charge in [-0.1, -0.05) is 26.7 Å². The first-order valence-corrected chi connectivity index (χ1v) is 6.36. The Kier molecular flexibility index (Phi) is 5.25. The number of hydrogen-bond donors (Lipinski definition) is 2. The van der Waals surface area contributed by atoms with Gasteiger partial charge in [0.15, 0.2) is 0 Å². The number of carbonyl (C=O) groups is 2. The maximum atomic E-state index is 11.8. The number of carboxylic acid groups (broad SMARTS) is 1. The number of urea groups is 1. The maximum Gasteiger partial charge on any atom is 0.326 e. The number of carboxylic acids is 1. The fraction of sp³-hybridized carbons (Fsp3) is 0.833. The second-order valence-electron chi connectivity index (χ2n) is 4.64. The topological polar surface area (TPSA) is 69.6 Å². The highest BCUT2D eigenvalue weighted by atomic mass is 16.4. The van der Waals surface area contributed by atoms with Crippen molar-refractivity contribution in [1.29, 1.82) is 0 Å². The minimum Gasteiger partial charge on any atom is -0.480 e. The number of likely N-dealkylation sites (tertiary alicyclic amines) is 1. The lowest BCUT2D eigenvalue weighted by Gasteiger charge is -2.20. The number of amides is 2. The van der Waals surface area contributed by atoms with Gasteiger partial charge in [0.05, 0.1) is 0 Å². The first-order valence-electron chi connectivity index (χ1n) is 6.36. The van der Waals surface area contributed by atoms with Gasteiger partial charge in [0, 0.05) is 13.1 Å². The van der Waals surface area contributed by atoms with E-state index in [1.54, 1.807) is 4.90 Å². The van der Waals surface area contributed by atoms with E-state index < -0.39 is 12.0 Å². The summed E-state index contributed by atoms with van der Waals surface area (Å²) in [4.78, 5) is 24.5. The lowest BCUT2D eigenvalue weighted by Crippen LogP contribution is -2.47. The largest absolute Gasteiger partial charge is 0.480 e. The number of carbonyl (C=O) groups excluding carboxylic acids is 1. The summed E-state index contributed by atoms with van der Waals surface area (Å²) in [6.45, 7) is 5.51. The molecule has 98 valence electrons. The Morgan fingerprint density at radius 2 is 2.18 bits per heavy atom. The maximum absolute atomic E-state index is 11.8. The van der Waals surface area contributed by atoms with Crippen molar-refractivity contribution in [2.24, 2.45) is 5.92 Å². The number of nitrogens with one attached hydrogen (secondary N) is 1. The Balaban J connectivity index is 2.45. The Morgan fingerprint density at radius 1 is 1.47 bits per heavy atom. The van der Waals surface area contributed by atoms with Crippen LogP contribution in [0.25, 0.3) is 0 Å². The van der Waals surface area contributed by atoms with Gasteiger partial charge in [-0.05, 0) is 18.8 Å². The molecule has 1 saturated heterocycles. The zero-order chi connectivity index (χ0) is 12.8. The Labute approximate surface area is 102 Å². The average Bonchev–Trinajstić information content (AvgIpc) is 2.76. The number of hydrogen-bond acceptors (Lipinski definition) is 2. The molecule has 1 aliphatic rings. The normalized spacial score (nSPS) is 21.3. The van der Waals surface area contributed by atoms with Gasteiger partial charge in [-0.15, -0.1) is 0 Å². The molecule has 0 spiro atoms. The van der Waals surface area contributed by atoms with Gasteiger partial charge in [-0.2, -0.15) is 0 Å². The molecule has 1 aliphatic heterocycles. The van der Waals surface area contributed by atoms with Crippen LogP contribution in [0.1, 0.15) is 39.5 Å². The number of rotatable bonds is 5. The molecule has 0 aromatic heterocycles. The van der Waals surface area contributed by atoms with E-state index in [1.807, 2.05) is 6.92 Å². The Hall–Kier alpha value is -1.26. The van der Waals surface area contributed by atoms with E-state index in [-0.39, 0.29) is 6.03 Å². The molecule has 1 rings (SSSR count). The number of nitrogens with zero attached hydrogens (tertiary/aromatic N) is 1. The highest BCUT2D eigenvalue weighted by Crippen LogP contribution is 2.18. The van der Waals surface area contributed by atoms with Crippen molar-refractivity contribution in [2.75, 3.05) is 13.1 Å². The standard InChI is InChI=1S/C12H22N2O3/c1-3-5-10(11(15)16)13-12(17)14-7-6-9(4-2)8-14/h9-10H,3-8H2,1-2H3,(H,13,17)(H,15,16)/t9?,10-/m1/s1. The van der Waals surface area contributed by atoms with E-state index in [0.29, 0.717) is 12.3 Å². The van der Waals surface area contributed by atoms with E-state index in [1.165, 1.54) is 0 Å². The molecule has 0 saturated carbocycles. The zero-order valence-corrected chi connectivity index (χ0v) is 10.6. The third-order valence-electron chi connectivity index (χ3n) is 3.32. The molecule has 1 unspecified atom stereocenters. The Bertz CT molecular complexity index is 281. The van der Waals surface area contributed by atoms with Crippen LogP contribution in [0.5, 0.6) is 0 Å². The van der Waals surface area contributed by atoms with Gasteiger partial charge in [0.1, 0.15) is 6.04 Å². The van der Waals surface area contributed by atoms with Crippen LogP contribution in [0.2, 0.25) is 0 Å². The summed E-state index contributed by atoms with van der Waals surface area (Å²) in [5.41, 5.74) is 0. The van der Waals surface area contributed by atoms with Gasteiger partial charge >= 0.3 is 12.0 Å². The molecule has 0 aromatic carbocycles. The van der Waals surface area contributed by atoms with Crippen LogP contribution in [0, 0.1) is 5.92 Å². The van der Waals surface area contributed by atoms with Crippen LogP contribution in [0.15, 0.2) is 0 Å². The van der Waals surface area contributed by atoms with Crippen LogP contribution in [-0.4, -0.2) is 41.1 Å². The predicted octanol–water partition coefficient (Wildman–Crippen LogP) is 1.68. The molecule has 0 aromatic rings. The molecule has 2 N–H and O–H groups in total. The molecule has 0 aliphatic carbocycles. The summed E-state index contributed by atoms with van der Waals surface area (Å²) in [6, 6.07) is -0.991. The monoisotopic (exact) mass is 242 g/mol. The minimum absolute atomic E-state index is 0.234. The van der Waals surface area contributed by atoms with E-state index in [0.717, 1.165) is 32.4 Å². The summed E-state index contributed by atoms with van der Waals surface area (Å²) in [6.07, 6.45) is 3.32. The van der Waals surface area contributed by atoms with Crippen LogP contribution in [-0.2, 0) is 4.79 Å². The molecule has 0 radical (unpaired) electrons.